The van der Waals surface area contributed by atoms with E-state index < -0.39 is 25.8 Å². The maximum Gasteiger partial charge on any atom is 0.322 e. The van der Waals surface area contributed by atoms with E-state index in [-0.39, 0.29) is 27.3 Å². The minimum absolute atomic E-state index is 0.0308. The first-order valence-corrected chi connectivity index (χ1v) is 11.8. The molecule has 1 N–H and O–H groups in total. The van der Waals surface area contributed by atoms with Gasteiger partial charge >= 0.3 is 6.01 Å². The molecule has 30 heavy (non-hydrogen) atoms. The maximum absolute atomic E-state index is 12.4. The molecule has 0 atom stereocenters. The van der Waals surface area contributed by atoms with Gasteiger partial charge in [-0.25, -0.2) is 21.1 Å². The summed E-state index contributed by atoms with van der Waals surface area (Å²) in [7, 11) is -4.19. The molecule has 158 valence electrons. The van der Waals surface area contributed by atoms with Crippen LogP contribution in [0.15, 0.2) is 62.7 Å². The summed E-state index contributed by atoms with van der Waals surface area (Å²) in [6, 6.07) is 11.1. The molecule has 0 radical (unpaired) electrons. The third-order valence-electron chi connectivity index (χ3n) is 4.05. The lowest BCUT2D eigenvalue weighted by Gasteiger charge is -2.11. The van der Waals surface area contributed by atoms with Gasteiger partial charge in [0.2, 0.25) is 15.9 Å². The smallest absolute Gasteiger partial charge is 0.322 e. The molecule has 1 amide bonds. The second kappa shape index (κ2) is 7.97. The standard InChI is InChI=1S/C18H18N4O6S2/c1-22(2)30(26,27)14-9-7-12(8-10-14)16(23)19-18-21-20-17(28-18)13-5-4-6-15(11-13)29(3,24)25/h4-11H,1-3H3,(H,19,21,23). The summed E-state index contributed by atoms with van der Waals surface area (Å²) in [6.07, 6.45) is 1.08. The molecular weight excluding hydrogens is 432 g/mol. The van der Waals surface area contributed by atoms with Crippen molar-refractivity contribution in [1.82, 2.24) is 14.5 Å². The molecule has 3 rings (SSSR count). The summed E-state index contributed by atoms with van der Waals surface area (Å²) in [5.74, 6) is -0.549. The molecule has 0 aliphatic carbocycles. The average molecular weight is 450 g/mol. The molecule has 0 saturated heterocycles. The van der Waals surface area contributed by atoms with Gasteiger partial charge in [-0.2, -0.15) is 0 Å². The number of anilines is 1. The first kappa shape index (κ1) is 21.6. The van der Waals surface area contributed by atoms with Crippen LogP contribution in [-0.2, 0) is 19.9 Å². The van der Waals surface area contributed by atoms with Crippen LogP contribution < -0.4 is 5.32 Å². The monoisotopic (exact) mass is 450 g/mol. The molecule has 0 bridgehead atoms. The zero-order valence-corrected chi connectivity index (χ0v) is 17.9. The topological polar surface area (TPSA) is 140 Å². The van der Waals surface area contributed by atoms with E-state index in [1.54, 1.807) is 6.07 Å². The number of carbonyl (C=O) groups is 1. The summed E-state index contributed by atoms with van der Waals surface area (Å²) in [5, 5.41) is 9.96. The van der Waals surface area contributed by atoms with Crippen LogP contribution in [0.1, 0.15) is 10.4 Å². The molecule has 3 aromatic rings. The van der Waals surface area contributed by atoms with Crippen molar-refractivity contribution in [3.8, 4) is 11.5 Å². The Morgan fingerprint density at radius 1 is 0.967 bits per heavy atom. The molecule has 0 aliphatic heterocycles. The lowest BCUT2D eigenvalue weighted by atomic mass is 10.2. The van der Waals surface area contributed by atoms with Gasteiger partial charge in [-0.15, -0.1) is 5.10 Å². The highest BCUT2D eigenvalue weighted by atomic mass is 32.2. The van der Waals surface area contributed by atoms with Crippen molar-refractivity contribution in [2.45, 2.75) is 9.79 Å². The van der Waals surface area contributed by atoms with Crippen LogP contribution in [0.5, 0.6) is 0 Å². The number of carbonyl (C=O) groups excluding carboxylic acids is 1. The zero-order valence-electron chi connectivity index (χ0n) is 16.2. The van der Waals surface area contributed by atoms with Crippen LogP contribution in [0.2, 0.25) is 0 Å². The fraction of sp³-hybridized carbons (Fsp3) is 0.167. The first-order valence-electron chi connectivity index (χ1n) is 8.46. The highest BCUT2D eigenvalue weighted by molar-refractivity contribution is 7.90. The van der Waals surface area contributed by atoms with E-state index in [0.717, 1.165) is 10.6 Å². The number of sulfone groups is 1. The molecule has 0 fully saturated rings. The second-order valence-electron chi connectivity index (χ2n) is 6.48. The van der Waals surface area contributed by atoms with Gasteiger partial charge in [0, 0.05) is 31.5 Å². The molecular formula is C18H18N4O6S2. The quantitative estimate of drug-likeness (QED) is 0.598. The molecule has 12 heteroatoms. The van der Waals surface area contributed by atoms with Gasteiger partial charge in [0.25, 0.3) is 5.91 Å². The predicted octanol–water partition coefficient (Wildman–Crippen LogP) is 1.64. The van der Waals surface area contributed by atoms with E-state index in [4.69, 9.17) is 4.42 Å². The van der Waals surface area contributed by atoms with E-state index in [1.165, 1.54) is 56.6 Å². The van der Waals surface area contributed by atoms with Crippen molar-refractivity contribution in [3.63, 3.8) is 0 Å². The summed E-state index contributed by atoms with van der Waals surface area (Å²) in [4.78, 5) is 12.5. The van der Waals surface area contributed by atoms with Crippen LogP contribution in [0, 0.1) is 0 Å². The number of sulfonamides is 1. The fourth-order valence-electron chi connectivity index (χ4n) is 2.41. The normalized spacial score (nSPS) is 12.1. The van der Waals surface area contributed by atoms with Gasteiger partial charge in [0.1, 0.15) is 0 Å². The minimum Gasteiger partial charge on any atom is -0.403 e. The summed E-state index contributed by atoms with van der Waals surface area (Å²) >= 11 is 0. The molecule has 10 nitrogen and oxygen atoms in total. The number of rotatable bonds is 6. The summed E-state index contributed by atoms with van der Waals surface area (Å²) in [6.45, 7) is 0. The van der Waals surface area contributed by atoms with Crippen molar-refractivity contribution in [2.75, 3.05) is 25.7 Å². The molecule has 0 spiro atoms. The Labute approximate surface area is 173 Å². The number of amides is 1. The molecule has 0 unspecified atom stereocenters. The number of benzene rings is 2. The third kappa shape index (κ3) is 4.56. The Hall–Kier alpha value is -3.09. The molecule has 2 aromatic carbocycles. The van der Waals surface area contributed by atoms with Crippen molar-refractivity contribution in [2.24, 2.45) is 0 Å². The number of hydrogen-bond donors (Lipinski definition) is 1. The van der Waals surface area contributed by atoms with Gasteiger partial charge < -0.3 is 4.42 Å². The Morgan fingerprint density at radius 3 is 2.23 bits per heavy atom. The lowest BCUT2D eigenvalue weighted by molar-refractivity contribution is 0.102. The van der Waals surface area contributed by atoms with Crippen LogP contribution >= 0.6 is 0 Å². The fourth-order valence-corrected chi connectivity index (χ4v) is 3.98. The molecule has 1 heterocycles. The van der Waals surface area contributed by atoms with E-state index in [2.05, 4.69) is 15.5 Å². The van der Waals surface area contributed by atoms with Crippen LogP contribution in [0.25, 0.3) is 11.5 Å². The highest BCUT2D eigenvalue weighted by Gasteiger charge is 2.19. The second-order valence-corrected chi connectivity index (χ2v) is 10.6. The van der Waals surface area contributed by atoms with Gasteiger partial charge in [-0.3, -0.25) is 10.1 Å². The minimum atomic E-state index is -3.60. The average Bonchev–Trinajstić information content (AvgIpc) is 3.16. The Bertz CT molecular complexity index is 1300. The van der Waals surface area contributed by atoms with Crippen molar-refractivity contribution in [1.29, 1.82) is 0 Å². The Balaban J connectivity index is 1.77. The van der Waals surface area contributed by atoms with Crippen molar-refractivity contribution < 1.29 is 26.0 Å². The maximum atomic E-state index is 12.4. The Morgan fingerprint density at radius 2 is 1.63 bits per heavy atom. The third-order valence-corrected chi connectivity index (χ3v) is 6.99. The van der Waals surface area contributed by atoms with Crippen LogP contribution in [0.3, 0.4) is 0 Å². The summed E-state index contributed by atoms with van der Waals surface area (Å²) < 4.78 is 54.0. The number of nitrogens with one attached hydrogen (secondary N) is 1. The lowest BCUT2D eigenvalue weighted by Crippen LogP contribution is -2.22. The zero-order chi connectivity index (χ0) is 22.1. The SMILES string of the molecule is CN(C)S(=O)(=O)c1ccc(C(=O)Nc2nnc(-c3cccc(S(C)(=O)=O)c3)o2)cc1. The van der Waals surface area contributed by atoms with Gasteiger partial charge in [0.15, 0.2) is 9.84 Å². The van der Waals surface area contributed by atoms with Gasteiger partial charge in [0.05, 0.1) is 9.79 Å². The van der Waals surface area contributed by atoms with Crippen LogP contribution in [0.4, 0.5) is 6.01 Å². The van der Waals surface area contributed by atoms with E-state index in [1.807, 2.05) is 0 Å². The number of nitrogens with zero attached hydrogens (tertiary/aromatic N) is 3. The summed E-state index contributed by atoms with van der Waals surface area (Å²) in [5.41, 5.74) is 0.565. The molecule has 0 aliphatic rings. The van der Waals surface area contributed by atoms with E-state index in [9.17, 15) is 21.6 Å². The molecule has 1 aromatic heterocycles. The van der Waals surface area contributed by atoms with Crippen molar-refractivity contribution >= 4 is 31.8 Å². The highest BCUT2D eigenvalue weighted by Crippen LogP contribution is 2.23. The largest absolute Gasteiger partial charge is 0.403 e. The molecule has 0 saturated carbocycles. The van der Waals surface area contributed by atoms with Gasteiger partial charge in [-0.1, -0.05) is 11.2 Å². The van der Waals surface area contributed by atoms with E-state index in [0.29, 0.717) is 5.56 Å². The first-order chi connectivity index (χ1) is 14.0. The Kier molecular flexibility index (Phi) is 5.74. The predicted molar refractivity (Wildman–Crippen MR) is 108 cm³/mol. The number of hydrogen-bond acceptors (Lipinski definition) is 8. The van der Waals surface area contributed by atoms with Gasteiger partial charge in [-0.05, 0) is 42.5 Å². The number of aromatic nitrogens is 2. The van der Waals surface area contributed by atoms with E-state index >= 15 is 0 Å². The van der Waals surface area contributed by atoms with Crippen molar-refractivity contribution in [3.05, 3.63) is 54.1 Å². The van der Waals surface area contributed by atoms with Crippen LogP contribution in [-0.4, -0.2) is 57.6 Å².